The number of carboxylic acid groups (broad SMARTS) is 1. The van der Waals surface area contributed by atoms with Gasteiger partial charge >= 0.3 is 5.97 Å². The van der Waals surface area contributed by atoms with Crippen LogP contribution in [0.4, 0.5) is 0 Å². The van der Waals surface area contributed by atoms with E-state index in [0.717, 1.165) is 12.8 Å². The lowest BCUT2D eigenvalue weighted by molar-refractivity contribution is -0.139. The first-order chi connectivity index (χ1) is 7.11. The van der Waals surface area contributed by atoms with Crippen LogP contribution in [0.3, 0.4) is 0 Å². The maximum atomic E-state index is 10.0. The molecule has 5 N–H and O–H groups in total. The molecule has 0 aromatic heterocycles. The molecule has 0 saturated carbocycles. The molecule has 0 heterocycles. The van der Waals surface area contributed by atoms with Crippen molar-refractivity contribution in [3.63, 3.8) is 0 Å². The fourth-order valence-corrected chi connectivity index (χ4v) is 0.759. The highest BCUT2D eigenvalue weighted by Crippen LogP contribution is 2.05. The molecule has 0 aromatic rings. The number of rotatable bonds is 5. The van der Waals surface area contributed by atoms with E-state index in [1.54, 1.807) is 13.8 Å². The quantitative estimate of drug-likeness (QED) is 0.628. The molecule has 0 spiro atoms. The van der Waals surface area contributed by atoms with Crippen LogP contribution in [0.25, 0.3) is 0 Å². The lowest BCUT2D eigenvalue weighted by Gasteiger charge is -2.15. The molecule has 0 unspecified atom stereocenters. The summed E-state index contributed by atoms with van der Waals surface area (Å²) in [6.07, 6.45) is 3.94. The van der Waals surface area contributed by atoms with E-state index in [-0.39, 0.29) is 11.5 Å². The van der Waals surface area contributed by atoms with Gasteiger partial charge in [-0.05, 0) is 32.6 Å². The SMILES string of the molecule is C=CCCC(C)(C)N.CC(C)[C@H](N)C(=O)O. The van der Waals surface area contributed by atoms with Gasteiger partial charge in [-0.2, -0.15) is 0 Å². The minimum Gasteiger partial charge on any atom is -0.480 e. The normalized spacial score (nSPS) is 12.7. The Morgan fingerprint density at radius 1 is 1.50 bits per heavy atom. The molecule has 1 atom stereocenters. The number of allylic oxidation sites excluding steroid dienone is 1. The number of hydrogen-bond acceptors (Lipinski definition) is 3. The molecular weight excluding hydrogens is 204 g/mol. The summed E-state index contributed by atoms with van der Waals surface area (Å²) in [5.74, 6) is -0.910. The van der Waals surface area contributed by atoms with E-state index >= 15 is 0 Å². The summed E-state index contributed by atoms with van der Waals surface area (Å²) >= 11 is 0. The number of hydrogen-bond donors (Lipinski definition) is 3. The van der Waals surface area contributed by atoms with Crippen LogP contribution in [0.5, 0.6) is 0 Å². The van der Waals surface area contributed by atoms with E-state index in [4.69, 9.17) is 16.6 Å². The number of carbonyl (C=O) groups is 1. The summed E-state index contributed by atoms with van der Waals surface area (Å²) in [5.41, 5.74) is 10.8. The molecule has 0 aliphatic carbocycles. The van der Waals surface area contributed by atoms with Gasteiger partial charge in [-0.15, -0.1) is 6.58 Å². The van der Waals surface area contributed by atoms with Crippen LogP contribution < -0.4 is 11.5 Å². The van der Waals surface area contributed by atoms with Crippen molar-refractivity contribution in [2.45, 2.75) is 52.1 Å². The molecule has 0 saturated heterocycles. The molecule has 0 bridgehead atoms. The van der Waals surface area contributed by atoms with Crippen LogP contribution in [0.1, 0.15) is 40.5 Å². The van der Waals surface area contributed by atoms with Crippen LogP contribution in [-0.4, -0.2) is 22.7 Å². The highest BCUT2D eigenvalue weighted by molar-refractivity contribution is 5.73. The fourth-order valence-electron chi connectivity index (χ4n) is 0.759. The lowest BCUT2D eigenvalue weighted by atomic mass is 10.0. The monoisotopic (exact) mass is 230 g/mol. The van der Waals surface area contributed by atoms with E-state index in [0.29, 0.717) is 0 Å². The molecule has 4 heteroatoms. The maximum Gasteiger partial charge on any atom is 0.320 e. The topological polar surface area (TPSA) is 89.3 Å². The Morgan fingerprint density at radius 3 is 2.00 bits per heavy atom. The zero-order valence-corrected chi connectivity index (χ0v) is 10.9. The molecule has 0 fully saturated rings. The van der Waals surface area contributed by atoms with Gasteiger partial charge in [0.15, 0.2) is 0 Å². The van der Waals surface area contributed by atoms with Gasteiger partial charge in [0.05, 0.1) is 0 Å². The van der Waals surface area contributed by atoms with Gasteiger partial charge in [-0.3, -0.25) is 4.79 Å². The third-order valence-electron chi connectivity index (χ3n) is 2.00. The van der Waals surface area contributed by atoms with Crippen molar-refractivity contribution in [3.8, 4) is 0 Å². The van der Waals surface area contributed by atoms with Crippen molar-refractivity contribution in [3.05, 3.63) is 12.7 Å². The van der Waals surface area contributed by atoms with Crippen LogP contribution in [0.2, 0.25) is 0 Å². The Labute approximate surface area is 98.7 Å². The zero-order chi connectivity index (χ0) is 13.4. The van der Waals surface area contributed by atoms with Gasteiger partial charge in [0, 0.05) is 5.54 Å². The lowest BCUT2D eigenvalue weighted by Crippen LogP contribution is -2.34. The Balaban J connectivity index is 0. The summed E-state index contributed by atoms with van der Waals surface area (Å²) in [6, 6.07) is -0.713. The Morgan fingerprint density at radius 2 is 1.94 bits per heavy atom. The van der Waals surface area contributed by atoms with Crippen molar-refractivity contribution < 1.29 is 9.90 Å². The Hall–Kier alpha value is -0.870. The van der Waals surface area contributed by atoms with E-state index in [9.17, 15) is 4.79 Å². The number of nitrogens with two attached hydrogens (primary N) is 2. The van der Waals surface area contributed by atoms with Gasteiger partial charge in [-0.1, -0.05) is 19.9 Å². The highest BCUT2D eigenvalue weighted by atomic mass is 16.4. The standard InChI is InChI=1S/C7H15N.C5H11NO2/c1-4-5-6-7(2,3)8;1-3(2)4(6)5(7)8/h4H,1,5-6,8H2,2-3H3;3-4H,6H2,1-2H3,(H,7,8)/t;4-/m.0/s1. The Kier molecular flexibility index (Phi) is 9.09. The van der Waals surface area contributed by atoms with Gasteiger partial charge in [0.1, 0.15) is 6.04 Å². The third-order valence-corrected chi connectivity index (χ3v) is 2.00. The van der Waals surface area contributed by atoms with E-state index in [2.05, 4.69) is 6.58 Å². The van der Waals surface area contributed by atoms with Crippen LogP contribution in [0.15, 0.2) is 12.7 Å². The minimum atomic E-state index is -0.931. The van der Waals surface area contributed by atoms with E-state index in [1.807, 2.05) is 19.9 Å². The van der Waals surface area contributed by atoms with Crippen molar-refractivity contribution >= 4 is 5.97 Å². The summed E-state index contributed by atoms with van der Waals surface area (Å²) < 4.78 is 0. The van der Waals surface area contributed by atoms with Crippen molar-refractivity contribution in [1.29, 1.82) is 0 Å². The first kappa shape index (κ1) is 17.5. The highest BCUT2D eigenvalue weighted by Gasteiger charge is 2.14. The van der Waals surface area contributed by atoms with E-state index < -0.39 is 12.0 Å². The van der Waals surface area contributed by atoms with Gasteiger partial charge < -0.3 is 16.6 Å². The first-order valence-electron chi connectivity index (χ1n) is 5.50. The molecular formula is C12H26N2O2. The molecule has 0 rings (SSSR count). The summed E-state index contributed by atoms with van der Waals surface area (Å²) in [5, 5.41) is 8.23. The van der Waals surface area contributed by atoms with Gasteiger partial charge in [0.2, 0.25) is 0 Å². The zero-order valence-electron chi connectivity index (χ0n) is 10.9. The predicted octanol–water partition coefficient (Wildman–Crippen LogP) is 1.74. The number of carboxylic acids is 1. The van der Waals surface area contributed by atoms with E-state index in [1.165, 1.54) is 0 Å². The molecule has 0 aromatic carbocycles. The van der Waals surface area contributed by atoms with Crippen molar-refractivity contribution in [2.75, 3.05) is 0 Å². The molecule has 16 heavy (non-hydrogen) atoms. The fraction of sp³-hybridized carbons (Fsp3) is 0.750. The molecule has 0 amide bonds. The van der Waals surface area contributed by atoms with Crippen molar-refractivity contribution in [1.82, 2.24) is 0 Å². The Bertz CT molecular complexity index is 208. The second-order valence-electron chi connectivity index (χ2n) is 4.92. The van der Waals surface area contributed by atoms with Crippen molar-refractivity contribution in [2.24, 2.45) is 17.4 Å². The average Bonchev–Trinajstić information content (AvgIpc) is 2.13. The maximum absolute atomic E-state index is 10.0. The summed E-state index contributed by atoms with van der Waals surface area (Å²) in [7, 11) is 0. The average molecular weight is 230 g/mol. The molecule has 96 valence electrons. The molecule has 4 nitrogen and oxygen atoms in total. The first-order valence-corrected chi connectivity index (χ1v) is 5.50. The van der Waals surface area contributed by atoms with Crippen LogP contribution >= 0.6 is 0 Å². The van der Waals surface area contributed by atoms with Gasteiger partial charge in [-0.25, -0.2) is 0 Å². The summed E-state index contributed by atoms with van der Waals surface area (Å²) in [4.78, 5) is 10.0. The van der Waals surface area contributed by atoms with Gasteiger partial charge in [0.25, 0.3) is 0 Å². The molecule has 0 aliphatic rings. The second-order valence-corrected chi connectivity index (χ2v) is 4.92. The number of aliphatic carboxylic acids is 1. The van der Waals surface area contributed by atoms with Crippen LogP contribution in [0, 0.1) is 5.92 Å². The largest absolute Gasteiger partial charge is 0.480 e. The molecule has 0 radical (unpaired) electrons. The third kappa shape index (κ3) is 13.1. The summed E-state index contributed by atoms with van der Waals surface area (Å²) in [6.45, 7) is 11.2. The second kappa shape index (κ2) is 8.30. The smallest absolute Gasteiger partial charge is 0.320 e. The minimum absolute atomic E-state index is 0.0197. The van der Waals surface area contributed by atoms with Crippen LogP contribution in [-0.2, 0) is 4.79 Å². The predicted molar refractivity (Wildman–Crippen MR) is 68.1 cm³/mol. The molecule has 0 aliphatic heterocycles.